The molecule has 0 aliphatic rings. The summed E-state index contributed by atoms with van der Waals surface area (Å²) in [5.74, 6) is 1.03. The number of amides is 1. The van der Waals surface area contributed by atoms with Crippen LogP contribution in [0.3, 0.4) is 0 Å². The second-order valence-electron chi connectivity index (χ2n) is 9.59. The van der Waals surface area contributed by atoms with E-state index >= 15 is 0 Å². The summed E-state index contributed by atoms with van der Waals surface area (Å²) in [5, 5.41) is 6.48. The van der Waals surface area contributed by atoms with Crippen molar-refractivity contribution in [1.29, 1.82) is 0 Å². The second kappa shape index (κ2) is 11.1. The third kappa shape index (κ3) is 6.11. The first-order chi connectivity index (χ1) is 17.3. The summed E-state index contributed by atoms with van der Waals surface area (Å²) >= 11 is 0. The Morgan fingerprint density at radius 2 is 1.64 bits per heavy atom. The van der Waals surface area contributed by atoms with Gasteiger partial charge in [0.15, 0.2) is 11.5 Å². The maximum absolute atomic E-state index is 12.5. The zero-order chi connectivity index (χ0) is 25.5. The summed E-state index contributed by atoms with van der Waals surface area (Å²) in [7, 11) is 0. The lowest BCUT2D eigenvalue weighted by atomic mass is 9.87. The van der Waals surface area contributed by atoms with Gasteiger partial charge in [-0.3, -0.25) is 4.79 Å². The average Bonchev–Trinajstić information content (AvgIpc) is 2.88. The Labute approximate surface area is 212 Å². The maximum atomic E-state index is 12.5. The molecule has 1 amide bonds. The number of nitrogens with one attached hydrogen (secondary N) is 1. The van der Waals surface area contributed by atoms with Gasteiger partial charge < -0.3 is 9.47 Å². The van der Waals surface area contributed by atoms with Crippen LogP contribution in [0.1, 0.15) is 54.7 Å². The summed E-state index contributed by atoms with van der Waals surface area (Å²) in [4.78, 5) is 12.5. The van der Waals surface area contributed by atoms with Gasteiger partial charge in [-0.25, -0.2) is 5.43 Å². The molecule has 0 aliphatic heterocycles. The van der Waals surface area contributed by atoms with E-state index in [-0.39, 0.29) is 11.3 Å². The number of carbonyl (C=O) groups is 1. The van der Waals surface area contributed by atoms with Crippen LogP contribution in [-0.4, -0.2) is 18.7 Å². The van der Waals surface area contributed by atoms with Crippen molar-refractivity contribution >= 4 is 22.9 Å². The van der Waals surface area contributed by atoms with E-state index in [0.717, 1.165) is 11.1 Å². The van der Waals surface area contributed by atoms with E-state index in [0.29, 0.717) is 30.3 Å². The molecule has 0 saturated carbocycles. The van der Waals surface area contributed by atoms with Crippen molar-refractivity contribution in [2.24, 2.45) is 5.10 Å². The van der Waals surface area contributed by atoms with Gasteiger partial charge in [-0.1, -0.05) is 75.4 Å². The first-order valence-electron chi connectivity index (χ1n) is 12.2. The third-order valence-electron chi connectivity index (χ3n) is 5.92. The van der Waals surface area contributed by atoms with Crippen molar-refractivity contribution in [2.75, 3.05) is 6.61 Å². The molecule has 0 radical (unpaired) electrons. The molecule has 0 spiro atoms. The summed E-state index contributed by atoms with van der Waals surface area (Å²) in [6.45, 7) is 9.29. The third-order valence-corrected chi connectivity index (χ3v) is 5.92. The zero-order valence-electron chi connectivity index (χ0n) is 21.2. The quantitative estimate of drug-likeness (QED) is 0.221. The van der Waals surface area contributed by atoms with Crippen molar-refractivity contribution in [1.82, 2.24) is 5.43 Å². The van der Waals surface area contributed by atoms with Crippen molar-refractivity contribution in [3.05, 3.63) is 107 Å². The molecule has 184 valence electrons. The topological polar surface area (TPSA) is 59.9 Å². The predicted molar refractivity (Wildman–Crippen MR) is 146 cm³/mol. The smallest absolute Gasteiger partial charge is 0.271 e. The van der Waals surface area contributed by atoms with Gasteiger partial charge in [0.1, 0.15) is 6.61 Å². The fourth-order valence-electron chi connectivity index (χ4n) is 3.92. The molecule has 5 heteroatoms. The van der Waals surface area contributed by atoms with Crippen molar-refractivity contribution in [2.45, 2.75) is 39.7 Å². The van der Waals surface area contributed by atoms with E-state index in [2.05, 4.69) is 55.6 Å². The molecular formula is C31H32N2O3. The number of hydrogen-bond donors (Lipinski definition) is 1. The van der Waals surface area contributed by atoms with Crippen LogP contribution in [0, 0.1) is 0 Å². The Bertz CT molecular complexity index is 1360. The SMILES string of the molecule is CCOc1cc(/C=N\NC(=O)c2ccc(C(C)(C)C)cc2)ccc1OCc1cccc2ccccc12. The number of ether oxygens (including phenoxy) is 2. The molecule has 0 aliphatic carbocycles. The second-order valence-corrected chi connectivity index (χ2v) is 9.59. The minimum absolute atomic E-state index is 0.0379. The normalized spacial score (nSPS) is 11.6. The van der Waals surface area contributed by atoms with Crippen LogP contribution in [0.25, 0.3) is 10.8 Å². The Balaban J connectivity index is 1.42. The highest BCUT2D eigenvalue weighted by atomic mass is 16.5. The average molecular weight is 481 g/mol. The lowest BCUT2D eigenvalue weighted by Gasteiger charge is -2.18. The number of carbonyl (C=O) groups excluding carboxylic acids is 1. The van der Waals surface area contributed by atoms with Crippen LogP contribution in [-0.2, 0) is 12.0 Å². The first kappa shape index (κ1) is 25.0. The highest BCUT2D eigenvalue weighted by Gasteiger charge is 2.14. The fourth-order valence-corrected chi connectivity index (χ4v) is 3.92. The Morgan fingerprint density at radius 1 is 0.889 bits per heavy atom. The highest BCUT2D eigenvalue weighted by molar-refractivity contribution is 5.95. The molecule has 0 bridgehead atoms. The Kier molecular flexibility index (Phi) is 7.69. The number of hydrogen-bond acceptors (Lipinski definition) is 4. The largest absolute Gasteiger partial charge is 0.490 e. The highest BCUT2D eigenvalue weighted by Crippen LogP contribution is 2.30. The Morgan fingerprint density at radius 3 is 2.39 bits per heavy atom. The van der Waals surface area contributed by atoms with E-state index < -0.39 is 0 Å². The molecule has 0 fully saturated rings. The van der Waals surface area contributed by atoms with E-state index in [1.165, 1.54) is 16.3 Å². The molecule has 4 rings (SSSR count). The molecule has 0 aromatic heterocycles. The van der Waals surface area contributed by atoms with Crippen molar-refractivity contribution < 1.29 is 14.3 Å². The van der Waals surface area contributed by atoms with E-state index in [4.69, 9.17) is 9.47 Å². The minimum Gasteiger partial charge on any atom is -0.490 e. The fraction of sp³-hybridized carbons (Fsp3) is 0.226. The van der Waals surface area contributed by atoms with E-state index in [1.54, 1.807) is 6.21 Å². The predicted octanol–water partition coefficient (Wildman–Crippen LogP) is 6.88. The molecule has 5 nitrogen and oxygen atoms in total. The summed E-state index contributed by atoms with van der Waals surface area (Å²) in [6.07, 6.45) is 1.60. The van der Waals surface area contributed by atoms with Gasteiger partial charge >= 0.3 is 0 Å². The van der Waals surface area contributed by atoms with Crippen LogP contribution < -0.4 is 14.9 Å². The van der Waals surface area contributed by atoms with Gasteiger partial charge in [0.25, 0.3) is 5.91 Å². The monoisotopic (exact) mass is 480 g/mol. The van der Waals surface area contributed by atoms with Crippen LogP contribution in [0.5, 0.6) is 11.5 Å². The molecule has 1 N–H and O–H groups in total. The standard InChI is InChI=1S/C31H32N2O3/c1-5-35-29-19-22(20-32-33-30(34)24-14-16-26(17-15-24)31(2,3)4)13-18-28(29)36-21-25-11-8-10-23-9-6-7-12-27(23)25/h6-20H,5,21H2,1-4H3,(H,33,34)/b32-20-. The van der Waals surface area contributed by atoms with Crippen LogP contribution in [0.4, 0.5) is 0 Å². The zero-order valence-corrected chi connectivity index (χ0v) is 21.2. The molecule has 0 atom stereocenters. The molecule has 0 saturated heterocycles. The van der Waals surface area contributed by atoms with Crippen LogP contribution >= 0.6 is 0 Å². The summed E-state index contributed by atoms with van der Waals surface area (Å²) < 4.78 is 11.9. The maximum Gasteiger partial charge on any atom is 0.271 e. The van der Waals surface area contributed by atoms with Crippen LogP contribution in [0.15, 0.2) is 90.0 Å². The van der Waals surface area contributed by atoms with Crippen molar-refractivity contribution in [3.8, 4) is 11.5 Å². The van der Waals surface area contributed by atoms with Crippen molar-refractivity contribution in [3.63, 3.8) is 0 Å². The molecule has 0 heterocycles. The lowest BCUT2D eigenvalue weighted by molar-refractivity contribution is 0.0955. The minimum atomic E-state index is -0.258. The molecule has 0 unspecified atom stereocenters. The number of hydrazone groups is 1. The number of benzene rings is 4. The molecule has 4 aromatic rings. The van der Waals surface area contributed by atoms with E-state index in [9.17, 15) is 4.79 Å². The Hall–Kier alpha value is -4.12. The van der Waals surface area contributed by atoms with Gasteiger partial charge in [-0.05, 0) is 70.1 Å². The van der Waals surface area contributed by atoms with Crippen LogP contribution in [0.2, 0.25) is 0 Å². The molecular weight excluding hydrogens is 448 g/mol. The lowest BCUT2D eigenvalue weighted by Crippen LogP contribution is -2.18. The molecule has 36 heavy (non-hydrogen) atoms. The summed E-state index contributed by atoms with van der Waals surface area (Å²) in [6, 6.07) is 27.7. The number of fused-ring (bicyclic) bond motifs is 1. The van der Waals surface area contributed by atoms with Gasteiger partial charge in [0.05, 0.1) is 12.8 Å². The van der Waals surface area contributed by atoms with Gasteiger partial charge in [0.2, 0.25) is 0 Å². The molecule has 4 aromatic carbocycles. The van der Waals surface area contributed by atoms with Gasteiger partial charge in [-0.15, -0.1) is 0 Å². The first-order valence-corrected chi connectivity index (χ1v) is 12.2. The number of nitrogens with zero attached hydrogens (tertiary/aromatic N) is 1. The van der Waals surface area contributed by atoms with Gasteiger partial charge in [0, 0.05) is 5.56 Å². The number of rotatable bonds is 8. The summed E-state index contributed by atoms with van der Waals surface area (Å²) in [5.41, 5.74) is 6.27. The van der Waals surface area contributed by atoms with E-state index in [1.807, 2.05) is 67.6 Å². The van der Waals surface area contributed by atoms with Gasteiger partial charge in [-0.2, -0.15) is 5.10 Å².